The maximum absolute atomic E-state index is 12.9. The van der Waals surface area contributed by atoms with Gasteiger partial charge in [0.15, 0.2) is 11.6 Å². The summed E-state index contributed by atoms with van der Waals surface area (Å²) in [5.41, 5.74) is -0.985. The fourth-order valence-corrected chi connectivity index (χ4v) is 0.934. The van der Waals surface area contributed by atoms with Gasteiger partial charge in [-0.1, -0.05) is 0 Å². The van der Waals surface area contributed by atoms with Crippen molar-refractivity contribution in [3.05, 3.63) is 46.6 Å². The van der Waals surface area contributed by atoms with Gasteiger partial charge in [-0.05, 0) is 12.1 Å². The van der Waals surface area contributed by atoms with E-state index in [0.29, 0.717) is 12.1 Å². The molecule has 0 spiro atoms. The molecule has 14 heavy (non-hydrogen) atoms. The number of rotatable bonds is 2. The number of benzene rings is 1. The zero-order chi connectivity index (χ0) is 10.7. The lowest BCUT2D eigenvalue weighted by atomic mass is 10.1. The van der Waals surface area contributed by atoms with E-state index in [9.17, 15) is 18.0 Å². The molecule has 1 aromatic rings. The monoisotopic (exact) mass is 199 g/mol. The molecule has 2 nitrogen and oxygen atoms in total. The number of carbonyl (C=O) groups is 1. The van der Waals surface area contributed by atoms with Crippen LogP contribution >= 0.6 is 0 Å². The van der Waals surface area contributed by atoms with Crippen molar-refractivity contribution in [2.75, 3.05) is 6.54 Å². The van der Waals surface area contributed by atoms with E-state index in [1.54, 1.807) is 0 Å². The molecule has 0 amide bonds. The number of hydrogen-bond donors (Lipinski definition) is 0. The first-order valence-electron chi connectivity index (χ1n) is 3.58. The van der Waals surface area contributed by atoms with Crippen molar-refractivity contribution < 1.29 is 18.0 Å². The molecule has 0 radical (unpaired) electrons. The molecule has 0 aliphatic heterocycles. The third-order valence-corrected chi connectivity index (χ3v) is 1.55. The molecule has 0 aromatic heterocycles. The number of carbonyl (C=O) groups excluding carboxylic acids is 1. The minimum atomic E-state index is -1.54. The van der Waals surface area contributed by atoms with Gasteiger partial charge < -0.3 is 4.85 Å². The summed E-state index contributed by atoms with van der Waals surface area (Å²) in [6.45, 7) is 5.65. The highest BCUT2D eigenvalue weighted by Crippen LogP contribution is 2.16. The third kappa shape index (κ3) is 1.74. The molecule has 1 aromatic carbocycles. The van der Waals surface area contributed by atoms with Crippen LogP contribution in [0.4, 0.5) is 13.2 Å². The standard InChI is InChI=1S/C9H4F3NO/c1-13-4-7(14)8-5(10)2-3-6(11)9(8)12/h2-3H,4H2. The van der Waals surface area contributed by atoms with Crippen LogP contribution in [0.15, 0.2) is 12.1 Å². The molecule has 1 rings (SSSR count). The molecule has 0 unspecified atom stereocenters. The average molecular weight is 199 g/mol. The first-order chi connectivity index (χ1) is 6.57. The summed E-state index contributed by atoms with van der Waals surface area (Å²) < 4.78 is 38.4. The topological polar surface area (TPSA) is 21.4 Å². The minimum absolute atomic E-state index is 0.583. The van der Waals surface area contributed by atoms with E-state index in [0.717, 1.165) is 0 Å². The van der Waals surface area contributed by atoms with E-state index in [1.165, 1.54) is 0 Å². The molecular weight excluding hydrogens is 195 g/mol. The lowest BCUT2D eigenvalue weighted by Gasteiger charge is -2.00. The fourth-order valence-electron chi connectivity index (χ4n) is 0.934. The van der Waals surface area contributed by atoms with E-state index in [4.69, 9.17) is 6.57 Å². The molecular formula is C9H4F3NO. The number of halogens is 3. The predicted molar refractivity (Wildman–Crippen MR) is 42.1 cm³/mol. The van der Waals surface area contributed by atoms with Gasteiger partial charge in [-0.15, -0.1) is 0 Å². The van der Waals surface area contributed by atoms with Crippen LogP contribution in [0.3, 0.4) is 0 Å². The SMILES string of the molecule is [C-]#[N+]CC(=O)c1c(F)ccc(F)c1F. The highest BCUT2D eigenvalue weighted by molar-refractivity contribution is 5.99. The number of Topliss-reactive ketones (excluding diaryl/α,β-unsaturated/α-hetero) is 1. The summed E-state index contributed by atoms with van der Waals surface area (Å²) in [7, 11) is 0. The summed E-state index contributed by atoms with van der Waals surface area (Å²) >= 11 is 0. The Bertz CT molecular complexity index is 423. The molecule has 72 valence electrons. The molecule has 0 heterocycles. The van der Waals surface area contributed by atoms with Crippen LogP contribution in [-0.4, -0.2) is 12.3 Å². The molecule has 5 heteroatoms. The predicted octanol–water partition coefficient (Wildman–Crippen LogP) is 2.21. The van der Waals surface area contributed by atoms with Crippen molar-refractivity contribution in [2.24, 2.45) is 0 Å². The largest absolute Gasteiger partial charge is 0.308 e. The van der Waals surface area contributed by atoms with Gasteiger partial charge in [0.25, 0.3) is 6.54 Å². The van der Waals surface area contributed by atoms with E-state index >= 15 is 0 Å². The second-order valence-electron chi connectivity index (χ2n) is 2.46. The van der Waals surface area contributed by atoms with Crippen LogP contribution in [0.2, 0.25) is 0 Å². The second-order valence-corrected chi connectivity index (χ2v) is 2.46. The average Bonchev–Trinajstić information content (AvgIpc) is 2.13. The Labute approximate surface area is 77.8 Å². The van der Waals surface area contributed by atoms with Crippen molar-refractivity contribution in [3.8, 4) is 0 Å². The molecule has 0 saturated heterocycles. The number of hydrogen-bond acceptors (Lipinski definition) is 1. The summed E-state index contributed by atoms with van der Waals surface area (Å²) in [4.78, 5) is 13.6. The molecule has 0 atom stereocenters. The zero-order valence-electron chi connectivity index (χ0n) is 6.85. The zero-order valence-corrected chi connectivity index (χ0v) is 6.85. The molecule has 0 N–H and O–H groups in total. The van der Waals surface area contributed by atoms with Gasteiger partial charge in [0.1, 0.15) is 5.82 Å². The molecule has 0 aliphatic rings. The summed E-state index contributed by atoms with van der Waals surface area (Å²) in [6, 6.07) is 1.23. The summed E-state index contributed by atoms with van der Waals surface area (Å²) in [5, 5.41) is 0. The van der Waals surface area contributed by atoms with Crippen LogP contribution in [0, 0.1) is 24.0 Å². The van der Waals surface area contributed by atoms with E-state index in [1.807, 2.05) is 0 Å². The van der Waals surface area contributed by atoms with Crippen molar-refractivity contribution in [2.45, 2.75) is 0 Å². The minimum Gasteiger partial charge on any atom is -0.308 e. The highest BCUT2D eigenvalue weighted by Gasteiger charge is 2.22. The third-order valence-electron chi connectivity index (χ3n) is 1.55. The van der Waals surface area contributed by atoms with E-state index in [2.05, 4.69) is 4.85 Å². The van der Waals surface area contributed by atoms with Crippen molar-refractivity contribution in [1.82, 2.24) is 0 Å². The fraction of sp³-hybridized carbons (Fsp3) is 0.111. The van der Waals surface area contributed by atoms with Gasteiger partial charge in [-0.25, -0.2) is 19.7 Å². The smallest absolute Gasteiger partial charge is 0.276 e. The summed E-state index contributed by atoms with van der Waals surface area (Å²) in [5.74, 6) is -5.06. The van der Waals surface area contributed by atoms with Gasteiger partial charge >= 0.3 is 0 Å². The Balaban J connectivity index is 3.27. The van der Waals surface area contributed by atoms with E-state index < -0.39 is 35.3 Å². The highest BCUT2D eigenvalue weighted by atomic mass is 19.2. The van der Waals surface area contributed by atoms with Crippen LogP contribution in [0.1, 0.15) is 10.4 Å². The van der Waals surface area contributed by atoms with Crippen LogP contribution in [0.5, 0.6) is 0 Å². The number of ketones is 1. The van der Waals surface area contributed by atoms with Gasteiger partial charge in [0.05, 0.1) is 5.56 Å². The molecule has 0 saturated carbocycles. The Morgan fingerprint density at radius 3 is 2.43 bits per heavy atom. The Morgan fingerprint density at radius 2 is 1.86 bits per heavy atom. The second kappa shape index (κ2) is 3.92. The Kier molecular flexibility index (Phi) is 2.87. The van der Waals surface area contributed by atoms with Gasteiger partial charge in [-0.2, -0.15) is 0 Å². The molecule has 0 aliphatic carbocycles. The van der Waals surface area contributed by atoms with Gasteiger partial charge in [0, 0.05) is 0 Å². The quantitative estimate of drug-likeness (QED) is 0.406. The lowest BCUT2D eigenvalue weighted by Crippen LogP contribution is -2.09. The van der Waals surface area contributed by atoms with Crippen molar-refractivity contribution >= 4 is 5.78 Å². The molecule has 0 fully saturated rings. The first kappa shape index (κ1) is 10.3. The maximum atomic E-state index is 12.9. The molecule has 0 bridgehead atoms. The van der Waals surface area contributed by atoms with Crippen LogP contribution in [0.25, 0.3) is 4.85 Å². The lowest BCUT2D eigenvalue weighted by molar-refractivity contribution is 0.100. The number of nitrogens with zero attached hydrogens (tertiary/aromatic N) is 1. The van der Waals surface area contributed by atoms with Crippen LogP contribution < -0.4 is 0 Å². The normalized spacial score (nSPS) is 9.57. The van der Waals surface area contributed by atoms with Gasteiger partial charge in [-0.3, -0.25) is 4.79 Å². The first-order valence-corrected chi connectivity index (χ1v) is 3.58. The maximum Gasteiger partial charge on any atom is 0.276 e. The van der Waals surface area contributed by atoms with Crippen molar-refractivity contribution in [3.63, 3.8) is 0 Å². The van der Waals surface area contributed by atoms with E-state index in [-0.39, 0.29) is 0 Å². The Morgan fingerprint density at radius 1 is 1.29 bits per heavy atom. The summed E-state index contributed by atoms with van der Waals surface area (Å²) in [6.07, 6.45) is 0. The van der Waals surface area contributed by atoms with Crippen LogP contribution in [-0.2, 0) is 0 Å². The van der Waals surface area contributed by atoms with Gasteiger partial charge in [0.2, 0.25) is 5.78 Å². The van der Waals surface area contributed by atoms with Crippen molar-refractivity contribution in [1.29, 1.82) is 0 Å². The Hall–Kier alpha value is -1.83.